The van der Waals surface area contributed by atoms with Gasteiger partial charge in [0.05, 0.1) is 17.8 Å². The number of aromatic nitrogens is 3. The van der Waals surface area contributed by atoms with Gasteiger partial charge in [0.25, 0.3) is 5.91 Å². The zero-order valence-corrected chi connectivity index (χ0v) is 25.0. The topological polar surface area (TPSA) is 84.3 Å². The first-order chi connectivity index (χ1) is 20.9. The first kappa shape index (κ1) is 28.1. The summed E-state index contributed by atoms with van der Waals surface area (Å²) < 4.78 is 7.76. The summed E-state index contributed by atoms with van der Waals surface area (Å²) in [6, 6.07) is 28.9. The average Bonchev–Trinajstić information content (AvgIpc) is 3.52. The number of anilines is 2. The van der Waals surface area contributed by atoms with Gasteiger partial charge in [-0.3, -0.25) is 9.78 Å². The number of hydrogen-bond donors (Lipinski definition) is 2. The molecule has 0 radical (unpaired) electrons. The van der Waals surface area contributed by atoms with E-state index in [1.165, 1.54) is 0 Å². The largest absolute Gasteiger partial charge is 0.484 e. The van der Waals surface area contributed by atoms with Crippen LogP contribution in [0.1, 0.15) is 40.3 Å². The number of nitrogens with zero attached hydrogens (tertiary/aromatic N) is 4. The van der Waals surface area contributed by atoms with E-state index in [0.717, 1.165) is 39.7 Å². The SMILES string of the molecule is Cc1ccc(-n2c(C)cc([C@H]3[C@H](c4ccccn4)NC(=S)N3c3ccc(NC(=O)COc4ccccc4)cc3)c2C)nc1. The van der Waals surface area contributed by atoms with Crippen LogP contribution in [-0.2, 0) is 4.79 Å². The van der Waals surface area contributed by atoms with Crippen LogP contribution in [0.3, 0.4) is 0 Å². The molecule has 4 heterocycles. The molecule has 9 heteroatoms. The van der Waals surface area contributed by atoms with Crippen LogP contribution in [0.5, 0.6) is 5.75 Å². The second-order valence-corrected chi connectivity index (χ2v) is 10.9. The Hall–Kier alpha value is -5.02. The van der Waals surface area contributed by atoms with E-state index in [-0.39, 0.29) is 24.6 Å². The molecule has 216 valence electrons. The summed E-state index contributed by atoms with van der Waals surface area (Å²) in [6.45, 7) is 6.17. The number of para-hydroxylation sites is 1. The minimum atomic E-state index is -0.236. The molecule has 0 aliphatic carbocycles. The first-order valence-electron chi connectivity index (χ1n) is 14.1. The van der Waals surface area contributed by atoms with Gasteiger partial charge in [-0.05, 0) is 105 Å². The molecule has 1 aliphatic rings. The lowest BCUT2D eigenvalue weighted by Crippen LogP contribution is -2.29. The number of aryl methyl sites for hydroxylation is 2. The Morgan fingerprint density at radius 1 is 0.953 bits per heavy atom. The number of thiocarbonyl (C=S) groups is 1. The van der Waals surface area contributed by atoms with E-state index in [1.807, 2.05) is 92.0 Å². The molecule has 0 bridgehead atoms. The molecule has 1 fully saturated rings. The highest BCUT2D eigenvalue weighted by molar-refractivity contribution is 7.80. The van der Waals surface area contributed by atoms with Gasteiger partial charge < -0.3 is 24.8 Å². The summed E-state index contributed by atoms with van der Waals surface area (Å²) in [7, 11) is 0. The quantitative estimate of drug-likeness (QED) is 0.203. The van der Waals surface area contributed by atoms with E-state index in [4.69, 9.17) is 21.9 Å². The Kier molecular flexibility index (Phi) is 7.89. The van der Waals surface area contributed by atoms with E-state index in [2.05, 4.69) is 51.1 Å². The maximum atomic E-state index is 12.5. The Balaban J connectivity index is 1.30. The number of benzene rings is 2. The summed E-state index contributed by atoms with van der Waals surface area (Å²) in [5, 5.41) is 7.05. The van der Waals surface area contributed by atoms with Crippen molar-refractivity contribution in [3.05, 3.63) is 132 Å². The minimum absolute atomic E-state index is 0.0782. The molecule has 0 unspecified atom stereocenters. The van der Waals surface area contributed by atoms with Crippen LogP contribution in [0.15, 0.2) is 103 Å². The van der Waals surface area contributed by atoms with Crippen molar-refractivity contribution in [3.8, 4) is 11.6 Å². The third-order valence-electron chi connectivity index (χ3n) is 7.55. The van der Waals surface area contributed by atoms with Crippen molar-refractivity contribution in [2.45, 2.75) is 32.9 Å². The third kappa shape index (κ3) is 5.85. The molecular weight excluding hydrogens is 556 g/mol. The molecule has 1 saturated heterocycles. The molecular formula is C34H32N6O2S. The first-order valence-corrected chi connectivity index (χ1v) is 14.5. The van der Waals surface area contributed by atoms with E-state index < -0.39 is 0 Å². The minimum Gasteiger partial charge on any atom is -0.484 e. The number of carbonyl (C=O) groups excluding carboxylic acids is 1. The number of hydrogen-bond acceptors (Lipinski definition) is 5. The van der Waals surface area contributed by atoms with Crippen LogP contribution in [0.2, 0.25) is 0 Å². The highest BCUT2D eigenvalue weighted by Crippen LogP contribution is 2.43. The van der Waals surface area contributed by atoms with Gasteiger partial charge >= 0.3 is 0 Å². The van der Waals surface area contributed by atoms with Gasteiger partial charge in [0, 0.05) is 35.2 Å². The monoisotopic (exact) mass is 588 g/mol. The van der Waals surface area contributed by atoms with Crippen LogP contribution in [0, 0.1) is 20.8 Å². The van der Waals surface area contributed by atoms with Gasteiger partial charge in [-0.2, -0.15) is 0 Å². The fraction of sp³-hybridized carbons (Fsp3) is 0.176. The third-order valence-corrected chi connectivity index (χ3v) is 7.87. The molecule has 3 aromatic heterocycles. The lowest BCUT2D eigenvalue weighted by molar-refractivity contribution is -0.118. The van der Waals surface area contributed by atoms with Crippen molar-refractivity contribution in [2.24, 2.45) is 0 Å². The van der Waals surface area contributed by atoms with Gasteiger partial charge in [-0.15, -0.1) is 0 Å². The van der Waals surface area contributed by atoms with Gasteiger partial charge in [0.15, 0.2) is 11.7 Å². The molecule has 6 rings (SSSR count). The van der Waals surface area contributed by atoms with E-state index >= 15 is 0 Å². The van der Waals surface area contributed by atoms with E-state index in [1.54, 1.807) is 6.20 Å². The summed E-state index contributed by atoms with van der Waals surface area (Å²) in [5.74, 6) is 1.28. The van der Waals surface area contributed by atoms with Crippen LogP contribution in [-0.4, -0.2) is 32.2 Å². The van der Waals surface area contributed by atoms with Gasteiger partial charge in [0.2, 0.25) is 0 Å². The van der Waals surface area contributed by atoms with Gasteiger partial charge in [-0.1, -0.05) is 30.3 Å². The van der Waals surface area contributed by atoms with Crippen LogP contribution < -0.4 is 20.3 Å². The van der Waals surface area contributed by atoms with Crippen LogP contribution in [0.4, 0.5) is 11.4 Å². The maximum absolute atomic E-state index is 12.5. The van der Waals surface area contributed by atoms with Crippen molar-refractivity contribution in [3.63, 3.8) is 0 Å². The predicted octanol–water partition coefficient (Wildman–Crippen LogP) is 6.39. The Labute approximate surface area is 256 Å². The molecule has 1 aliphatic heterocycles. The highest BCUT2D eigenvalue weighted by atomic mass is 32.1. The fourth-order valence-electron chi connectivity index (χ4n) is 5.55. The molecule has 43 heavy (non-hydrogen) atoms. The Bertz CT molecular complexity index is 1740. The number of carbonyl (C=O) groups is 1. The Morgan fingerprint density at radius 2 is 1.72 bits per heavy atom. The van der Waals surface area contributed by atoms with Crippen LogP contribution >= 0.6 is 12.2 Å². The maximum Gasteiger partial charge on any atom is 0.262 e. The molecule has 0 spiro atoms. The van der Waals surface area contributed by atoms with Crippen molar-refractivity contribution in [2.75, 3.05) is 16.8 Å². The summed E-state index contributed by atoms with van der Waals surface area (Å²) in [5.41, 5.74) is 6.87. The molecule has 0 saturated carbocycles. The van der Waals surface area contributed by atoms with Crippen molar-refractivity contribution in [1.29, 1.82) is 0 Å². The van der Waals surface area contributed by atoms with Crippen molar-refractivity contribution >= 4 is 34.6 Å². The zero-order valence-electron chi connectivity index (χ0n) is 24.2. The standard InChI is InChI=1S/C34H32N6O2S/c1-22-12-17-30(36-20-22)39-23(2)19-28(24(39)3)33-32(29-11-7-8-18-35-29)38-34(43)40(33)26-15-13-25(14-16-26)37-31(41)21-42-27-9-5-4-6-10-27/h4-20,32-33H,21H2,1-3H3,(H,37,41)(H,38,43)/t32-,33-/m0/s1. The average molecular weight is 589 g/mol. The lowest BCUT2D eigenvalue weighted by atomic mass is 9.96. The normalized spacial score (nSPS) is 16.2. The molecule has 5 aromatic rings. The fourth-order valence-corrected chi connectivity index (χ4v) is 5.89. The van der Waals surface area contributed by atoms with Gasteiger partial charge in [-0.25, -0.2) is 4.98 Å². The van der Waals surface area contributed by atoms with Crippen molar-refractivity contribution < 1.29 is 9.53 Å². The second kappa shape index (κ2) is 12.1. The smallest absolute Gasteiger partial charge is 0.262 e. The van der Waals surface area contributed by atoms with Crippen LogP contribution in [0.25, 0.3) is 5.82 Å². The lowest BCUT2D eigenvalue weighted by Gasteiger charge is -2.28. The van der Waals surface area contributed by atoms with Crippen molar-refractivity contribution in [1.82, 2.24) is 19.9 Å². The Morgan fingerprint density at radius 3 is 2.42 bits per heavy atom. The summed E-state index contributed by atoms with van der Waals surface area (Å²) in [6.07, 6.45) is 3.69. The molecule has 8 nitrogen and oxygen atoms in total. The number of ether oxygens (including phenoxy) is 1. The number of nitrogens with one attached hydrogen (secondary N) is 2. The number of pyridine rings is 2. The summed E-state index contributed by atoms with van der Waals surface area (Å²) >= 11 is 5.93. The van der Waals surface area contributed by atoms with Gasteiger partial charge in [0.1, 0.15) is 11.6 Å². The van der Waals surface area contributed by atoms with E-state index in [0.29, 0.717) is 16.5 Å². The highest BCUT2D eigenvalue weighted by Gasteiger charge is 2.42. The molecule has 2 aromatic carbocycles. The second-order valence-electron chi connectivity index (χ2n) is 10.5. The summed E-state index contributed by atoms with van der Waals surface area (Å²) in [4.78, 5) is 24.0. The molecule has 2 N–H and O–H groups in total. The molecule has 2 atom stereocenters. The zero-order chi connectivity index (χ0) is 29.9. The van der Waals surface area contributed by atoms with E-state index in [9.17, 15) is 4.79 Å². The molecule has 1 amide bonds. The number of rotatable bonds is 8. The predicted molar refractivity (Wildman–Crippen MR) is 173 cm³/mol. The number of amides is 1.